The quantitative estimate of drug-likeness (QED) is 0.873. The molecule has 0 radical (unpaired) electrons. The van der Waals surface area contributed by atoms with Crippen molar-refractivity contribution in [1.82, 2.24) is 4.90 Å². The molecule has 0 aromatic heterocycles. The summed E-state index contributed by atoms with van der Waals surface area (Å²) >= 11 is 0. The van der Waals surface area contributed by atoms with Crippen molar-refractivity contribution in [1.29, 1.82) is 0 Å². The van der Waals surface area contributed by atoms with E-state index in [2.05, 4.69) is 0 Å². The molecule has 0 aliphatic carbocycles. The number of hydrogen-bond donors (Lipinski definition) is 1. The van der Waals surface area contributed by atoms with E-state index in [1.807, 2.05) is 30.3 Å². The summed E-state index contributed by atoms with van der Waals surface area (Å²) in [5, 5.41) is 9.21. The molecule has 0 unspecified atom stereocenters. The topological polar surface area (TPSA) is 76.1 Å². The van der Waals surface area contributed by atoms with Crippen LogP contribution in [0, 0.1) is 0 Å². The van der Waals surface area contributed by atoms with Gasteiger partial charge in [0.05, 0.1) is 19.8 Å². The Morgan fingerprint density at radius 1 is 1.33 bits per heavy atom. The number of carbonyl (C=O) groups excluding carboxylic acids is 1. The molecule has 1 aliphatic rings. The van der Waals surface area contributed by atoms with Crippen LogP contribution in [0.25, 0.3) is 0 Å². The molecule has 0 spiro atoms. The molecule has 1 heterocycles. The van der Waals surface area contributed by atoms with Crippen molar-refractivity contribution in [2.24, 2.45) is 0 Å². The first-order valence-corrected chi connectivity index (χ1v) is 6.86. The Morgan fingerprint density at radius 2 is 2.05 bits per heavy atom. The minimum atomic E-state index is -1.05. The van der Waals surface area contributed by atoms with Gasteiger partial charge in [-0.2, -0.15) is 0 Å². The summed E-state index contributed by atoms with van der Waals surface area (Å²) in [5.41, 5.74) is 0.871. The van der Waals surface area contributed by atoms with Crippen LogP contribution < -0.4 is 0 Å². The van der Waals surface area contributed by atoms with E-state index in [1.165, 1.54) is 11.8 Å². The number of ether oxygens (including phenoxy) is 2. The number of nitrogens with zero attached hydrogens (tertiary/aromatic N) is 1. The van der Waals surface area contributed by atoms with E-state index in [-0.39, 0.29) is 19.1 Å². The number of carbonyl (C=O) groups is 2. The minimum absolute atomic E-state index is 0.163. The van der Waals surface area contributed by atoms with Crippen LogP contribution in [-0.2, 0) is 25.6 Å². The maximum absolute atomic E-state index is 12.5. The van der Waals surface area contributed by atoms with Crippen LogP contribution in [0.2, 0.25) is 0 Å². The average molecular weight is 293 g/mol. The molecular formula is C15H19NO5. The van der Waals surface area contributed by atoms with Gasteiger partial charge < -0.3 is 19.5 Å². The van der Waals surface area contributed by atoms with Gasteiger partial charge in [0.1, 0.15) is 6.04 Å². The lowest BCUT2D eigenvalue weighted by Gasteiger charge is -2.31. The van der Waals surface area contributed by atoms with E-state index in [4.69, 9.17) is 9.47 Å². The molecule has 114 valence electrons. The van der Waals surface area contributed by atoms with Crippen LogP contribution in [0.4, 0.5) is 0 Å². The van der Waals surface area contributed by atoms with E-state index in [9.17, 15) is 14.7 Å². The molecule has 1 fully saturated rings. The third-order valence-corrected chi connectivity index (χ3v) is 3.40. The van der Waals surface area contributed by atoms with Gasteiger partial charge in [0.2, 0.25) is 0 Å². The van der Waals surface area contributed by atoms with Gasteiger partial charge in [-0.1, -0.05) is 30.3 Å². The van der Waals surface area contributed by atoms with Crippen molar-refractivity contribution >= 4 is 11.9 Å². The van der Waals surface area contributed by atoms with Crippen LogP contribution in [0.15, 0.2) is 30.3 Å². The normalized spacial score (nSPS) is 19.8. The Kier molecular flexibility index (Phi) is 5.30. The average Bonchev–Trinajstić information content (AvgIpc) is 2.53. The lowest BCUT2D eigenvalue weighted by atomic mass is 10.1. The summed E-state index contributed by atoms with van der Waals surface area (Å²) in [4.78, 5) is 25.1. The second-order valence-corrected chi connectivity index (χ2v) is 4.90. The Balaban J connectivity index is 2.14. The van der Waals surface area contributed by atoms with E-state index in [1.54, 1.807) is 0 Å². The first kappa shape index (κ1) is 15.5. The molecule has 1 amide bonds. The Hall–Kier alpha value is -1.92. The third-order valence-electron chi connectivity index (χ3n) is 3.40. The first-order chi connectivity index (χ1) is 10.1. The number of amides is 1. The summed E-state index contributed by atoms with van der Waals surface area (Å²) in [6.45, 7) is 2.68. The van der Waals surface area contributed by atoms with Crippen LogP contribution >= 0.6 is 0 Å². The van der Waals surface area contributed by atoms with Gasteiger partial charge in [-0.25, -0.2) is 4.79 Å². The Morgan fingerprint density at radius 3 is 2.62 bits per heavy atom. The molecule has 21 heavy (non-hydrogen) atoms. The fourth-order valence-corrected chi connectivity index (χ4v) is 2.13. The smallest absolute Gasteiger partial charge is 0.326 e. The van der Waals surface area contributed by atoms with Gasteiger partial charge in [-0.05, 0) is 12.5 Å². The minimum Gasteiger partial charge on any atom is -0.480 e. The van der Waals surface area contributed by atoms with Gasteiger partial charge in [-0.3, -0.25) is 4.79 Å². The number of rotatable bonds is 5. The SMILES string of the molecule is C[C@@H](C(=O)O)N(Cc1ccccc1)C(=O)[C@@H]1COCCO1. The second kappa shape index (κ2) is 7.19. The van der Waals surface area contributed by atoms with E-state index >= 15 is 0 Å². The van der Waals surface area contributed by atoms with E-state index in [0.29, 0.717) is 13.2 Å². The fraction of sp³-hybridized carbons (Fsp3) is 0.467. The van der Waals surface area contributed by atoms with Gasteiger partial charge in [0.25, 0.3) is 5.91 Å². The molecule has 2 rings (SSSR count). The monoisotopic (exact) mass is 293 g/mol. The zero-order valence-electron chi connectivity index (χ0n) is 11.9. The molecule has 1 aromatic carbocycles. The Labute approximate surface area is 123 Å². The molecule has 6 heteroatoms. The third kappa shape index (κ3) is 4.03. The molecule has 6 nitrogen and oxygen atoms in total. The van der Waals surface area contributed by atoms with Crippen LogP contribution in [-0.4, -0.2) is 53.8 Å². The highest BCUT2D eigenvalue weighted by atomic mass is 16.6. The molecule has 1 N–H and O–H groups in total. The van der Waals surface area contributed by atoms with E-state index < -0.39 is 18.1 Å². The van der Waals surface area contributed by atoms with Crippen molar-refractivity contribution in [3.63, 3.8) is 0 Å². The van der Waals surface area contributed by atoms with Crippen LogP contribution in [0.5, 0.6) is 0 Å². The van der Waals surface area contributed by atoms with Crippen molar-refractivity contribution in [2.45, 2.75) is 25.6 Å². The standard InChI is InChI=1S/C15H19NO5/c1-11(15(18)19)16(9-12-5-3-2-4-6-12)14(17)13-10-20-7-8-21-13/h2-6,11,13H,7-10H2,1H3,(H,18,19)/t11-,13-/m0/s1. The van der Waals surface area contributed by atoms with Crippen molar-refractivity contribution in [3.8, 4) is 0 Å². The number of hydrogen-bond acceptors (Lipinski definition) is 4. The number of carboxylic acid groups (broad SMARTS) is 1. The molecule has 1 aliphatic heterocycles. The predicted octanol–water partition coefficient (Wildman–Crippen LogP) is 0.904. The van der Waals surface area contributed by atoms with Crippen molar-refractivity contribution in [2.75, 3.05) is 19.8 Å². The number of benzene rings is 1. The fourth-order valence-electron chi connectivity index (χ4n) is 2.13. The predicted molar refractivity (Wildman–Crippen MR) is 74.6 cm³/mol. The highest BCUT2D eigenvalue weighted by Gasteiger charge is 2.33. The van der Waals surface area contributed by atoms with Gasteiger partial charge in [0.15, 0.2) is 6.10 Å². The molecule has 1 saturated heterocycles. The van der Waals surface area contributed by atoms with E-state index in [0.717, 1.165) is 5.56 Å². The summed E-state index contributed by atoms with van der Waals surface area (Å²) in [5.74, 6) is -1.40. The zero-order valence-corrected chi connectivity index (χ0v) is 11.9. The molecule has 0 saturated carbocycles. The zero-order chi connectivity index (χ0) is 15.2. The number of carboxylic acids is 1. The molecule has 0 bridgehead atoms. The van der Waals surface area contributed by atoms with Gasteiger partial charge in [0, 0.05) is 6.54 Å². The second-order valence-electron chi connectivity index (χ2n) is 4.90. The Bertz CT molecular complexity index is 484. The molecule has 2 atom stereocenters. The van der Waals surface area contributed by atoms with Crippen molar-refractivity contribution in [3.05, 3.63) is 35.9 Å². The largest absolute Gasteiger partial charge is 0.480 e. The van der Waals surface area contributed by atoms with Crippen LogP contribution in [0.3, 0.4) is 0 Å². The summed E-state index contributed by atoms with van der Waals surface area (Å²) in [6.07, 6.45) is -0.732. The molecule has 1 aromatic rings. The number of aliphatic carboxylic acids is 1. The summed E-state index contributed by atoms with van der Waals surface area (Å²) < 4.78 is 10.6. The maximum Gasteiger partial charge on any atom is 0.326 e. The van der Waals surface area contributed by atoms with Gasteiger partial charge >= 0.3 is 5.97 Å². The lowest BCUT2D eigenvalue weighted by Crippen LogP contribution is -2.50. The van der Waals surface area contributed by atoms with Gasteiger partial charge in [-0.15, -0.1) is 0 Å². The lowest BCUT2D eigenvalue weighted by molar-refractivity contribution is -0.165. The molecular weight excluding hydrogens is 274 g/mol. The highest BCUT2D eigenvalue weighted by molar-refractivity contribution is 5.86. The summed E-state index contributed by atoms with van der Waals surface area (Å²) in [7, 11) is 0. The maximum atomic E-state index is 12.5. The summed E-state index contributed by atoms with van der Waals surface area (Å²) in [6, 6.07) is 8.35. The first-order valence-electron chi connectivity index (χ1n) is 6.86. The highest BCUT2D eigenvalue weighted by Crippen LogP contribution is 2.13. The van der Waals surface area contributed by atoms with Crippen LogP contribution in [0.1, 0.15) is 12.5 Å². The van der Waals surface area contributed by atoms with Crippen molar-refractivity contribution < 1.29 is 24.2 Å².